The minimum Gasteiger partial charge on any atom is -0.394 e. The minimum absolute atomic E-state index is 0.397. The standard InChI is InChI=1S/C13H18ClNO5/c1-19-13-10(12(18)11(17)9(6-16)20-13)15-8-4-2-7(14)3-5-8/h2-5,9-13,15-18H,6H2,1H3/t9-,10-,11-,12+,13+/m1/s1. The van der Waals surface area contributed by atoms with Gasteiger partial charge in [0.1, 0.15) is 24.4 Å². The van der Waals surface area contributed by atoms with E-state index in [1.54, 1.807) is 24.3 Å². The van der Waals surface area contributed by atoms with Gasteiger partial charge in [-0.3, -0.25) is 0 Å². The first kappa shape index (κ1) is 15.5. The third-order valence-corrected chi connectivity index (χ3v) is 3.54. The molecule has 0 spiro atoms. The third-order valence-electron chi connectivity index (χ3n) is 3.29. The van der Waals surface area contributed by atoms with Crippen molar-refractivity contribution < 1.29 is 24.8 Å². The smallest absolute Gasteiger partial charge is 0.180 e. The van der Waals surface area contributed by atoms with Crippen LogP contribution in [0, 0.1) is 0 Å². The predicted molar refractivity (Wildman–Crippen MR) is 73.6 cm³/mol. The zero-order chi connectivity index (χ0) is 14.7. The Morgan fingerprint density at radius 3 is 2.45 bits per heavy atom. The Balaban J connectivity index is 2.13. The van der Waals surface area contributed by atoms with Gasteiger partial charge in [-0.15, -0.1) is 0 Å². The molecule has 0 saturated carbocycles. The summed E-state index contributed by atoms with van der Waals surface area (Å²) in [4.78, 5) is 0. The number of aliphatic hydroxyl groups is 3. The van der Waals surface area contributed by atoms with Crippen molar-refractivity contribution in [3.05, 3.63) is 29.3 Å². The van der Waals surface area contributed by atoms with E-state index in [0.29, 0.717) is 10.7 Å². The molecule has 7 heteroatoms. The van der Waals surface area contributed by atoms with Gasteiger partial charge in [0.25, 0.3) is 0 Å². The van der Waals surface area contributed by atoms with Gasteiger partial charge in [-0.2, -0.15) is 0 Å². The molecule has 1 saturated heterocycles. The first-order chi connectivity index (χ1) is 9.56. The molecule has 0 bridgehead atoms. The number of hydrogen-bond donors (Lipinski definition) is 4. The highest BCUT2D eigenvalue weighted by Gasteiger charge is 2.44. The van der Waals surface area contributed by atoms with Crippen molar-refractivity contribution in [2.75, 3.05) is 19.0 Å². The number of rotatable bonds is 4. The first-order valence-electron chi connectivity index (χ1n) is 6.24. The normalized spacial score (nSPS) is 34.0. The van der Waals surface area contributed by atoms with Gasteiger partial charge in [-0.25, -0.2) is 0 Å². The van der Waals surface area contributed by atoms with Crippen molar-refractivity contribution in [2.24, 2.45) is 0 Å². The Morgan fingerprint density at radius 1 is 1.25 bits per heavy atom. The summed E-state index contributed by atoms with van der Waals surface area (Å²) in [7, 11) is 1.43. The minimum atomic E-state index is -1.20. The van der Waals surface area contributed by atoms with Crippen molar-refractivity contribution in [3.63, 3.8) is 0 Å². The topological polar surface area (TPSA) is 91.2 Å². The van der Waals surface area contributed by atoms with E-state index in [-0.39, 0.29) is 0 Å². The Kier molecular flexibility index (Phi) is 5.20. The summed E-state index contributed by atoms with van der Waals surface area (Å²) >= 11 is 5.81. The molecule has 1 aliphatic heterocycles. The number of nitrogens with one attached hydrogen (secondary N) is 1. The number of ether oxygens (including phenoxy) is 2. The van der Waals surface area contributed by atoms with Crippen LogP contribution < -0.4 is 5.32 Å². The fraction of sp³-hybridized carbons (Fsp3) is 0.538. The van der Waals surface area contributed by atoms with Crippen LogP contribution in [0.3, 0.4) is 0 Å². The second-order valence-corrected chi connectivity index (χ2v) is 5.06. The van der Waals surface area contributed by atoms with Crippen LogP contribution in [0.2, 0.25) is 5.02 Å². The molecule has 4 N–H and O–H groups in total. The highest BCUT2D eigenvalue weighted by molar-refractivity contribution is 6.30. The van der Waals surface area contributed by atoms with Crippen LogP contribution >= 0.6 is 11.6 Å². The van der Waals surface area contributed by atoms with Crippen LogP contribution in [-0.2, 0) is 9.47 Å². The molecule has 20 heavy (non-hydrogen) atoms. The van der Waals surface area contributed by atoms with E-state index in [0.717, 1.165) is 0 Å². The van der Waals surface area contributed by atoms with Crippen molar-refractivity contribution in [2.45, 2.75) is 30.6 Å². The number of hydrogen-bond acceptors (Lipinski definition) is 6. The van der Waals surface area contributed by atoms with Crippen molar-refractivity contribution in [1.29, 1.82) is 0 Å². The fourth-order valence-electron chi connectivity index (χ4n) is 2.18. The molecule has 0 radical (unpaired) electrons. The summed E-state index contributed by atoms with van der Waals surface area (Å²) in [5.41, 5.74) is 0.707. The summed E-state index contributed by atoms with van der Waals surface area (Å²) in [6, 6.07) is 6.22. The lowest BCUT2D eigenvalue weighted by molar-refractivity contribution is -0.254. The Bertz CT molecular complexity index is 427. The SMILES string of the molecule is CO[C@H]1O[C@H](CO)[C@@H](O)[C@@H](O)[C@H]1Nc1ccc(Cl)cc1. The Morgan fingerprint density at radius 2 is 1.90 bits per heavy atom. The third kappa shape index (κ3) is 3.22. The molecule has 0 aliphatic carbocycles. The maximum absolute atomic E-state index is 10.1. The van der Waals surface area contributed by atoms with E-state index in [1.165, 1.54) is 7.11 Å². The molecule has 2 rings (SSSR count). The van der Waals surface area contributed by atoms with Crippen LogP contribution in [0.15, 0.2) is 24.3 Å². The maximum atomic E-state index is 10.1. The zero-order valence-corrected chi connectivity index (χ0v) is 11.7. The predicted octanol–water partition coefficient (Wildman–Crippen LogP) is 0.206. The molecule has 1 aromatic rings. The van der Waals surface area contributed by atoms with Gasteiger partial charge in [0.2, 0.25) is 0 Å². The Hall–Kier alpha value is -0.890. The number of anilines is 1. The van der Waals surface area contributed by atoms with E-state index in [9.17, 15) is 10.2 Å². The highest BCUT2D eigenvalue weighted by atomic mass is 35.5. The quantitative estimate of drug-likeness (QED) is 0.635. The van der Waals surface area contributed by atoms with E-state index in [4.69, 9.17) is 26.2 Å². The first-order valence-corrected chi connectivity index (χ1v) is 6.62. The number of halogens is 1. The van der Waals surface area contributed by atoms with E-state index in [2.05, 4.69) is 5.32 Å². The fourth-order valence-corrected chi connectivity index (χ4v) is 2.30. The average molecular weight is 304 g/mol. The zero-order valence-electron chi connectivity index (χ0n) is 10.9. The van der Waals surface area contributed by atoms with Gasteiger partial charge in [0.05, 0.1) is 6.61 Å². The Labute approximate surface area is 121 Å². The van der Waals surface area contributed by atoms with Gasteiger partial charge in [-0.05, 0) is 24.3 Å². The summed E-state index contributed by atoms with van der Waals surface area (Å²) in [6.07, 6.45) is -4.00. The summed E-state index contributed by atoms with van der Waals surface area (Å²) in [5, 5.41) is 32.8. The number of methoxy groups -OCH3 is 1. The molecule has 1 aromatic carbocycles. The molecule has 0 unspecified atom stereocenters. The van der Waals surface area contributed by atoms with E-state index >= 15 is 0 Å². The lowest BCUT2D eigenvalue weighted by atomic mass is 9.97. The van der Waals surface area contributed by atoms with E-state index in [1.807, 2.05) is 0 Å². The van der Waals surface area contributed by atoms with Crippen molar-refractivity contribution in [1.82, 2.24) is 0 Å². The van der Waals surface area contributed by atoms with Crippen LogP contribution in [0.25, 0.3) is 0 Å². The van der Waals surface area contributed by atoms with Crippen LogP contribution in [0.4, 0.5) is 5.69 Å². The monoisotopic (exact) mass is 303 g/mol. The summed E-state index contributed by atoms with van der Waals surface area (Å²) in [6.45, 7) is -0.397. The van der Waals surface area contributed by atoms with Crippen molar-refractivity contribution >= 4 is 17.3 Å². The van der Waals surface area contributed by atoms with Gasteiger partial charge in [-0.1, -0.05) is 11.6 Å². The molecular formula is C13H18ClNO5. The van der Waals surface area contributed by atoms with E-state index < -0.39 is 37.3 Å². The molecule has 112 valence electrons. The highest BCUT2D eigenvalue weighted by Crippen LogP contribution is 2.25. The lowest BCUT2D eigenvalue weighted by Crippen LogP contribution is -2.61. The largest absolute Gasteiger partial charge is 0.394 e. The molecule has 0 aromatic heterocycles. The summed E-state index contributed by atoms with van der Waals surface area (Å²) < 4.78 is 10.6. The molecule has 6 nitrogen and oxygen atoms in total. The maximum Gasteiger partial charge on any atom is 0.180 e. The van der Waals surface area contributed by atoms with Crippen LogP contribution in [0.1, 0.15) is 0 Å². The number of benzene rings is 1. The molecule has 5 atom stereocenters. The molecular weight excluding hydrogens is 286 g/mol. The molecule has 1 fully saturated rings. The summed E-state index contributed by atoms with van der Waals surface area (Å²) in [5.74, 6) is 0. The van der Waals surface area contributed by atoms with Crippen LogP contribution in [0.5, 0.6) is 0 Å². The molecule has 1 aliphatic rings. The van der Waals surface area contributed by atoms with Gasteiger partial charge in [0.15, 0.2) is 6.29 Å². The molecule has 0 amide bonds. The second-order valence-electron chi connectivity index (χ2n) is 4.62. The van der Waals surface area contributed by atoms with Gasteiger partial charge >= 0.3 is 0 Å². The van der Waals surface area contributed by atoms with Crippen LogP contribution in [-0.4, -0.2) is 59.7 Å². The average Bonchev–Trinajstić information content (AvgIpc) is 2.46. The molecule has 1 heterocycles. The lowest BCUT2D eigenvalue weighted by Gasteiger charge is -2.42. The number of aliphatic hydroxyl groups excluding tert-OH is 3. The van der Waals surface area contributed by atoms with Crippen molar-refractivity contribution in [3.8, 4) is 0 Å². The second kappa shape index (κ2) is 6.71. The van der Waals surface area contributed by atoms with Gasteiger partial charge in [0, 0.05) is 17.8 Å². The van der Waals surface area contributed by atoms with Gasteiger partial charge < -0.3 is 30.1 Å².